The molecule has 0 amide bonds. The fourth-order valence-corrected chi connectivity index (χ4v) is 1.25. The molecule has 1 aromatic rings. The van der Waals surface area contributed by atoms with Gasteiger partial charge in [0.2, 0.25) is 0 Å². The SMILES string of the molecule is COP(=O)(O)Oc1ccc(Cl)cc1. The summed E-state index contributed by atoms with van der Waals surface area (Å²) in [4.78, 5) is 8.92. The predicted octanol–water partition coefficient (Wildman–Crippen LogP) is 2.47. The maximum atomic E-state index is 10.9. The van der Waals surface area contributed by atoms with Gasteiger partial charge in [-0.25, -0.2) is 4.57 Å². The van der Waals surface area contributed by atoms with Crippen LogP contribution in [-0.2, 0) is 9.09 Å². The van der Waals surface area contributed by atoms with Gasteiger partial charge in [-0.3, -0.25) is 9.42 Å². The second-order valence-corrected chi connectivity index (χ2v) is 4.12. The van der Waals surface area contributed by atoms with Crippen molar-refractivity contribution in [3.8, 4) is 5.75 Å². The molecule has 6 heteroatoms. The van der Waals surface area contributed by atoms with Gasteiger partial charge in [0.25, 0.3) is 0 Å². The van der Waals surface area contributed by atoms with Gasteiger partial charge in [-0.05, 0) is 24.3 Å². The smallest absolute Gasteiger partial charge is 0.404 e. The molecular weight excluding hydrogens is 214 g/mol. The molecule has 0 bridgehead atoms. The van der Waals surface area contributed by atoms with E-state index in [4.69, 9.17) is 16.5 Å². The Balaban J connectivity index is 2.75. The number of phosphoric ester groups is 1. The summed E-state index contributed by atoms with van der Waals surface area (Å²) in [5.74, 6) is 0.233. The lowest BCUT2D eigenvalue weighted by Crippen LogP contribution is -1.93. The molecule has 1 rings (SSSR count). The lowest BCUT2D eigenvalue weighted by atomic mass is 10.3. The number of hydrogen-bond donors (Lipinski definition) is 1. The van der Waals surface area contributed by atoms with E-state index in [-0.39, 0.29) is 5.75 Å². The average molecular weight is 223 g/mol. The highest BCUT2D eigenvalue weighted by Gasteiger charge is 2.19. The van der Waals surface area contributed by atoms with Crippen LogP contribution in [0.15, 0.2) is 24.3 Å². The second kappa shape index (κ2) is 4.11. The van der Waals surface area contributed by atoms with Crippen LogP contribution in [0, 0.1) is 0 Å². The van der Waals surface area contributed by atoms with Gasteiger partial charge >= 0.3 is 7.82 Å². The van der Waals surface area contributed by atoms with E-state index in [1.54, 1.807) is 12.1 Å². The molecule has 1 N–H and O–H groups in total. The normalized spacial score (nSPS) is 15.0. The monoisotopic (exact) mass is 222 g/mol. The Bertz CT molecular complexity index is 324. The van der Waals surface area contributed by atoms with Gasteiger partial charge in [0, 0.05) is 12.1 Å². The number of phosphoric acid groups is 1. The third-order valence-corrected chi connectivity index (χ3v) is 2.42. The molecule has 0 saturated carbocycles. The van der Waals surface area contributed by atoms with Crippen LogP contribution in [0.3, 0.4) is 0 Å². The summed E-state index contributed by atoms with van der Waals surface area (Å²) in [6.45, 7) is 0. The van der Waals surface area contributed by atoms with Crippen molar-refractivity contribution in [3.05, 3.63) is 29.3 Å². The van der Waals surface area contributed by atoms with Crippen molar-refractivity contribution in [2.45, 2.75) is 0 Å². The Morgan fingerprint density at radius 1 is 1.38 bits per heavy atom. The van der Waals surface area contributed by atoms with E-state index in [0.717, 1.165) is 7.11 Å². The first kappa shape index (κ1) is 10.5. The molecule has 72 valence electrons. The van der Waals surface area contributed by atoms with Gasteiger partial charge in [-0.2, -0.15) is 0 Å². The molecule has 0 saturated heterocycles. The van der Waals surface area contributed by atoms with Crippen LogP contribution in [-0.4, -0.2) is 12.0 Å². The van der Waals surface area contributed by atoms with Gasteiger partial charge in [-0.1, -0.05) is 11.6 Å². The van der Waals surface area contributed by atoms with Crippen LogP contribution < -0.4 is 4.52 Å². The fraction of sp³-hybridized carbons (Fsp3) is 0.143. The summed E-state index contributed by atoms with van der Waals surface area (Å²) >= 11 is 5.60. The van der Waals surface area contributed by atoms with E-state index < -0.39 is 7.82 Å². The molecule has 1 atom stereocenters. The first-order chi connectivity index (χ1) is 6.03. The van der Waals surface area contributed by atoms with E-state index in [1.165, 1.54) is 12.1 Å². The van der Waals surface area contributed by atoms with Crippen molar-refractivity contribution in [2.75, 3.05) is 7.11 Å². The number of hydrogen-bond acceptors (Lipinski definition) is 3. The van der Waals surface area contributed by atoms with Crippen molar-refractivity contribution in [1.29, 1.82) is 0 Å². The molecule has 0 aliphatic carbocycles. The molecule has 0 aliphatic heterocycles. The maximum Gasteiger partial charge on any atom is 0.527 e. The molecule has 0 aromatic heterocycles. The Morgan fingerprint density at radius 3 is 2.38 bits per heavy atom. The minimum atomic E-state index is -3.95. The van der Waals surface area contributed by atoms with Crippen molar-refractivity contribution in [1.82, 2.24) is 0 Å². The van der Waals surface area contributed by atoms with Gasteiger partial charge < -0.3 is 4.52 Å². The number of halogens is 1. The van der Waals surface area contributed by atoms with Gasteiger partial charge in [0.1, 0.15) is 5.75 Å². The molecular formula is C7H8ClO4P. The Labute approximate surface area is 80.7 Å². The van der Waals surface area contributed by atoms with E-state index in [1.807, 2.05) is 0 Å². The lowest BCUT2D eigenvalue weighted by Gasteiger charge is -2.09. The molecule has 4 nitrogen and oxygen atoms in total. The molecule has 0 fully saturated rings. The van der Waals surface area contributed by atoms with E-state index in [0.29, 0.717) is 5.02 Å². The molecule has 0 aliphatic rings. The molecule has 1 unspecified atom stereocenters. The summed E-state index contributed by atoms with van der Waals surface area (Å²) in [5, 5.41) is 0.525. The summed E-state index contributed by atoms with van der Waals surface area (Å²) in [6, 6.07) is 6.05. The standard InChI is InChI=1S/C7H8ClO4P/c1-11-13(9,10)12-7-4-2-6(8)3-5-7/h2-5H,1H3,(H,9,10). The van der Waals surface area contributed by atoms with Crippen molar-refractivity contribution in [3.63, 3.8) is 0 Å². The van der Waals surface area contributed by atoms with Gasteiger partial charge in [0.15, 0.2) is 0 Å². The Kier molecular flexibility index (Phi) is 3.33. The zero-order chi connectivity index (χ0) is 9.90. The molecule has 1 aromatic carbocycles. The maximum absolute atomic E-state index is 10.9. The topological polar surface area (TPSA) is 55.8 Å². The van der Waals surface area contributed by atoms with Crippen molar-refractivity contribution >= 4 is 19.4 Å². The summed E-state index contributed by atoms with van der Waals surface area (Å²) in [5.41, 5.74) is 0. The van der Waals surface area contributed by atoms with Crippen LogP contribution in [0.25, 0.3) is 0 Å². The lowest BCUT2D eigenvalue weighted by molar-refractivity contribution is 0.243. The van der Waals surface area contributed by atoms with Crippen molar-refractivity contribution in [2.24, 2.45) is 0 Å². The highest BCUT2D eigenvalue weighted by molar-refractivity contribution is 7.47. The predicted molar refractivity (Wildman–Crippen MR) is 48.9 cm³/mol. The molecule has 13 heavy (non-hydrogen) atoms. The minimum Gasteiger partial charge on any atom is -0.404 e. The van der Waals surface area contributed by atoms with Crippen LogP contribution >= 0.6 is 19.4 Å². The molecule has 0 heterocycles. The number of benzene rings is 1. The highest BCUT2D eigenvalue weighted by atomic mass is 35.5. The first-order valence-corrected chi connectivity index (χ1v) is 5.24. The molecule has 0 radical (unpaired) electrons. The first-order valence-electron chi connectivity index (χ1n) is 3.37. The average Bonchev–Trinajstić information content (AvgIpc) is 2.09. The largest absolute Gasteiger partial charge is 0.527 e. The van der Waals surface area contributed by atoms with Crippen molar-refractivity contribution < 1.29 is 18.5 Å². The van der Waals surface area contributed by atoms with E-state index in [9.17, 15) is 4.57 Å². The fourth-order valence-electron chi connectivity index (χ4n) is 0.666. The minimum absolute atomic E-state index is 0.233. The van der Waals surface area contributed by atoms with Crippen LogP contribution in [0.5, 0.6) is 5.75 Å². The van der Waals surface area contributed by atoms with Crippen LogP contribution in [0.1, 0.15) is 0 Å². The van der Waals surface area contributed by atoms with Crippen LogP contribution in [0.4, 0.5) is 0 Å². The van der Waals surface area contributed by atoms with Gasteiger partial charge in [-0.15, -0.1) is 0 Å². The van der Waals surface area contributed by atoms with E-state index in [2.05, 4.69) is 9.05 Å². The number of rotatable bonds is 3. The second-order valence-electron chi connectivity index (χ2n) is 2.20. The Hall–Kier alpha value is -0.540. The third-order valence-electron chi connectivity index (χ3n) is 1.27. The Morgan fingerprint density at radius 2 is 1.92 bits per heavy atom. The summed E-state index contributed by atoms with van der Waals surface area (Å²) in [7, 11) is -2.86. The molecule has 0 spiro atoms. The summed E-state index contributed by atoms with van der Waals surface area (Å²) < 4.78 is 19.8. The zero-order valence-corrected chi connectivity index (χ0v) is 8.46. The van der Waals surface area contributed by atoms with Crippen LogP contribution in [0.2, 0.25) is 5.02 Å². The zero-order valence-electron chi connectivity index (χ0n) is 6.81. The van der Waals surface area contributed by atoms with E-state index >= 15 is 0 Å². The quantitative estimate of drug-likeness (QED) is 0.799. The summed E-state index contributed by atoms with van der Waals surface area (Å²) in [6.07, 6.45) is 0. The third kappa shape index (κ3) is 3.36. The van der Waals surface area contributed by atoms with Gasteiger partial charge in [0.05, 0.1) is 0 Å². The highest BCUT2D eigenvalue weighted by Crippen LogP contribution is 2.42.